The Hall–Kier alpha value is -3.21. The highest BCUT2D eigenvalue weighted by atomic mass is 16.7. The van der Waals surface area contributed by atoms with Gasteiger partial charge in [0.1, 0.15) is 0 Å². The normalized spacial score (nSPS) is 22.9. The van der Waals surface area contributed by atoms with Gasteiger partial charge < -0.3 is 18.9 Å². The molecule has 0 amide bonds. The Bertz CT molecular complexity index is 1020. The van der Waals surface area contributed by atoms with Crippen LogP contribution in [-0.2, 0) is 4.79 Å². The minimum Gasteiger partial charge on any atom is -0.454 e. The first-order valence-electron chi connectivity index (χ1n) is 9.45. The smallest absolute Gasteiger partial charge is 0.231 e. The highest BCUT2D eigenvalue weighted by Gasteiger charge is 2.28. The molecule has 0 bridgehead atoms. The van der Waals surface area contributed by atoms with Crippen molar-refractivity contribution in [2.45, 2.75) is 19.8 Å². The van der Waals surface area contributed by atoms with Gasteiger partial charge in [-0.3, -0.25) is 4.79 Å². The molecule has 0 radical (unpaired) electrons. The lowest BCUT2D eigenvalue weighted by atomic mass is 9.80. The first-order chi connectivity index (χ1) is 13.7. The maximum atomic E-state index is 13.3. The molecule has 5 heteroatoms. The standard InChI is InChI=1S/C23H20O5/c1-14-8-9-15(10-16-4-2-6-19-22(16)27-12-25-19)21(24)18(14)11-17-5-3-7-20-23(17)28-13-26-20/h2-7,10-11,14H,8-9,12-13H2,1H3/b15-10+,18-11-/t14-/m1/s1. The molecule has 5 rings (SSSR count). The number of ether oxygens (including phenoxy) is 4. The van der Waals surface area contributed by atoms with Crippen LogP contribution < -0.4 is 18.9 Å². The lowest BCUT2D eigenvalue weighted by molar-refractivity contribution is -0.113. The van der Waals surface area contributed by atoms with E-state index in [0.717, 1.165) is 46.6 Å². The van der Waals surface area contributed by atoms with Gasteiger partial charge in [-0.05, 0) is 43.0 Å². The Morgan fingerprint density at radius 3 is 2.11 bits per heavy atom. The van der Waals surface area contributed by atoms with E-state index in [0.29, 0.717) is 11.5 Å². The van der Waals surface area contributed by atoms with Gasteiger partial charge in [-0.1, -0.05) is 31.2 Å². The fourth-order valence-electron chi connectivity index (χ4n) is 3.88. The summed E-state index contributed by atoms with van der Waals surface area (Å²) in [6.07, 6.45) is 5.55. The molecule has 2 aliphatic heterocycles. The van der Waals surface area contributed by atoms with Gasteiger partial charge in [-0.2, -0.15) is 0 Å². The van der Waals surface area contributed by atoms with Gasteiger partial charge in [0.25, 0.3) is 0 Å². The van der Waals surface area contributed by atoms with Crippen LogP contribution in [0.4, 0.5) is 0 Å². The van der Waals surface area contributed by atoms with E-state index in [1.165, 1.54) is 0 Å². The van der Waals surface area contributed by atoms with Crippen LogP contribution >= 0.6 is 0 Å². The molecule has 1 fully saturated rings. The van der Waals surface area contributed by atoms with Crippen molar-refractivity contribution in [2.75, 3.05) is 13.6 Å². The Kier molecular flexibility index (Phi) is 4.08. The van der Waals surface area contributed by atoms with E-state index in [9.17, 15) is 4.79 Å². The fourth-order valence-corrected chi connectivity index (χ4v) is 3.88. The molecule has 1 atom stereocenters. The number of carbonyl (C=O) groups excluding carboxylic acids is 1. The number of hydrogen-bond acceptors (Lipinski definition) is 5. The molecule has 1 saturated carbocycles. The first-order valence-corrected chi connectivity index (χ1v) is 9.45. The van der Waals surface area contributed by atoms with E-state index < -0.39 is 0 Å². The maximum absolute atomic E-state index is 13.3. The number of rotatable bonds is 2. The second-order valence-electron chi connectivity index (χ2n) is 7.20. The summed E-state index contributed by atoms with van der Waals surface area (Å²) < 4.78 is 22.1. The molecule has 142 valence electrons. The molecule has 2 aromatic carbocycles. The van der Waals surface area contributed by atoms with Crippen LogP contribution in [0, 0.1) is 5.92 Å². The SMILES string of the molecule is C[C@@H]1CC/C(=C\c2cccc3c2OCO3)C(=O)/C1=C\c1cccc2c1OCO2. The minimum absolute atomic E-state index is 0.0757. The highest BCUT2D eigenvalue weighted by molar-refractivity contribution is 6.14. The highest BCUT2D eigenvalue weighted by Crippen LogP contribution is 2.41. The number of carbonyl (C=O) groups is 1. The quantitative estimate of drug-likeness (QED) is 0.717. The second kappa shape index (κ2) is 6.75. The lowest BCUT2D eigenvalue weighted by Gasteiger charge is -2.23. The van der Waals surface area contributed by atoms with Gasteiger partial charge in [0.05, 0.1) is 0 Å². The van der Waals surface area contributed by atoms with E-state index in [2.05, 4.69) is 6.92 Å². The molecule has 0 unspecified atom stereocenters. The van der Waals surface area contributed by atoms with E-state index >= 15 is 0 Å². The third kappa shape index (κ3) is 2.83. The molecule has 3 aliphatic rings. The minimum atomic E-state index is 0.0757. The predicted octanol–water partition coefficient (Wildman–Crippen LogP) is 4.61. The second-order valence-corrected chi connectivity index (χ2v) is 7.20. The Balaban J connectivity index is 1.52. The van der Waals surface area contributed by atoms with Crippen molar-refractivity contribution < 1.29 is 23.7 Å². The van der Waals surface area contributed by atoms with Crippen molar-refractivity contribution in [1.29, 1.82) is 0 Å². The molecule has 2 heterocycles. The van der Waals surface area contributed by atoms with Crippen molar-refractivity contribution in [2.24, 2.45) is 5.92 Å². The Labute approximate surface area is 163 Å². The largest absolute Gasteiger partial charge is 0.454 e. The van der Waals surface area contributed by atoms with Crippen LogP contribution in [0.1, 0.15) is 30.9 Å². The zero-order valence-electron chi connectivity index (χ0n) is 15.6. The van der Waals surface area contributed by atoms with Crippen LogP contribution in [-0.4, -0.2) is 19.4 Å². The summed E-state index contributed by atoms with van der Waals surface area (Å²) in [5, 5.41) is 0. The summed E-state index contributed by atoms with van der Waals surface area (Å²) in [5.41, 5.74) is 3.34. The lowest BCUT2D eigenvalue weighted by Crippen LogP contribution is -2.19. The predicted molar refractivity (Wildman–Crippen MR) is 104 cm³/mol. The first kappa shape index (κ1) is 16.9. The number of hydrogen-bond donors (Lipinski definition) is 0. The summed E-state index contributed by atoms with van der Waals surface area (Å²) in [7, 11) is 0. The average Bonchev–Trinajstić information content (AvgIpc) is 3.37. The van der Waals surface area contributed by atoms with Gasteiger partial charge in [-0.25, -0.2) is 0 Å². The Morgan fingerprint density at radius 1 is 0.857 bits per heavy atom. The topological polar surface area (TPSA) is 54.0 Å². The third-order valence-corrected chi connectivity index (χ3v) is 5.43. The van der Waals surface area contributed by atoms with Crippen molar-refractivity contribution in [3.05, 3.63) is 58.7 Å². The van der Waals surface area contributed by atoms with Gasteiger partial charge >= 0.3 is 0 Å². The number of benzene rings is 2. The molecule has 5 nitrogen and oxygen atoms in total. The monoisotopic (exact) mass is 376 g/mol. The molecular formula is C23H20O5. The van der Waals surface area contributed by atoms with E-state index in [-0.39, 0.29) is 25.3 Å². The number of para-hydroxylation sites is 2. The average molecular weight is 376 g/mol. The van der Waals surface area contributed by atoms with Crippen LogP contribution in [0.5, 0.6) is 23.0 Å². The Morgan fingerprint density at radius 2 is 1.46 bits per heavy atom. The number of ketones is 1. The maximum Gasteiger partial charge on any atom is 0.231 e. The van der Waals surface area contributed by atoms with Gasteiger partial charge in [-0.15, -0.1) is 0 Å². The van der Waals surface area contributed by atoms with Crippen molar-refractivity contribution in [3.8, 4) is 23.0 Å². The van der Waals surface area contributed by atoms with Gasteiger partial charge in [0.15, 0.2) is 28.8 Å². The van der Waals surface area contributed by atoms with Crippen LogP contribution in [0.3, 0.4) is 0 Å². The summed E-state index contributed by atoms with van der Waals surface area (Å²) in [6.45, 7) is 2.52. The fraction of sp³-hybridized carbons (Fsp3) is 0.261. The zero-order chi connectivity index (χ0) is 19.1. The summed E-state index contributed by atoms with van der Waals surface area (Å²) in [6, 6.07) is 11.5. The molecule has 2 aromatic rings. The number of Topliss-reactive ketones (excluding diaryl/α,β-unsaturated/α-hetero) is 1. The zero-order valence-corrected chi connectivity index (χ0v) is 15.6. The third-order valence-electron chi connectivity index (χ3n) is 5.43. The van der Waals surface area contributed by atoms with Crippen LogP contribution in [0.25, 0.3) is 12.2 Å². The van der Waals surface area contributed by atoms with Gasteiger partial charge in [0, 0.05) is 22.3 Å². The van der Waals surface area contributed by atoms with Crippen LogP contribution in [0.15, 0.2) is 47.5 Å². The van der Waals surface area contributed by atoms with Gasteiger partial charge in [0.2, 0.25) is 13.6 Å². The molecule has 28 heavy (non-hydrogen) atoms. The molecule has 0 N–H and O–H groups in total. The van der Waals surface area contributed by atoms with Crippen molar-refractivity contribution in [3.63, 3.8) is 0 Å². The molecule has 0 spiro atoms. The summed E-state index contributed by atoms with van der Waals surface area (Å²) in [4.78, 5) is 13.3. The molecular weight excluding hydrogens is 356 g/mol. The van der Waals surface area contributed by atoms with E-state index in [1.54, 1.807) is 0 Å². The number of fused-ring (bicyclic) bond motifs is 2. The summed E-state index contributed by atoms with van der Waals surface area (Å²) >= 11 is 0. The number of allylic oxidation sites excluding steroid dienone is 2. The summed E-state index contributed by atoms with van der Waals surface area (Å²) in [5.74, 6) is 3.11. The molecule has 0 saturated heterocycles. The molecule has 1 aliphatic carbocycles. The molecule has 0 aromatic heterocycles. The van der Waals surface area contributed by atoms with Crippen molar-refractivity contribution in [1.82, 2.24) is 0 Å². The van der Waals surface area contributed by atoms with Crippen LogP contribution in [0.2, 0.25) is 0 Å². The van der Waals surface area contributed by atoms with E-state index in [4.69, 9.17) is 18.9 Å². The van der Waals surface area contributed by atoms with E-state index in [1.807, 2.05) is 48.6 Å². The van der Waals surface area contributed by atoms with Crippen molar-refractivity contribution >= 4 is 17.9 Å².